The molecule has 0 heterocycles. The third-order valence-electron chi connectivity index (χ3n) is 2.72. The Hall–Kier alpha value is -1.59. The molecule has 0 aliphatic rings. The summed E-state index contributed by atoms with van der Waals surface area (Å²) in [6.45, 7) is 0.0896. The first kappa shape index (κ1) is 13.8. The van der Waals surface area contributed by atoms with Crippen LogP contribution in [0.25, 0.3) is 0 Å². The molecule has 100 valence electrons. The average Bonchev–Trinajstić information content (AvgIpc) is 2.41. The summed E-state index contributed by atoms with van der Waals surface area (Å²) in [5.74, 6) is -0.889. The Labute approximate surface area is 112 Å². The van der Waals surface area contributed by atoms with Crippen molar-refractivity contribution < 1.29 is 13.0 Å². The molecule has 19 heavy (non-hydrogen) atoms. The molecule has 1 atom stereocenters. The molecule has 0 fully saturated rings. The summed E-state index contributed by atoms with van der Waals surface area (Å²) in [4.78, 5) is 0.345. The van der Waals surface area contributed by atoms with Crippen LogP contribution >= 0.6 is 0 Å². The maximum absolute atomic E-state index is 13.9. The third-order valence-corrected chi connectivity index (χ3v) is 4.08. The van der Waals surface area contributed by atoms with E-state index in [2.05, 4.69) is 0 Å². The number of rotatable bonds is 4. The summed E-state index contributed by atoms with van der Waals surface area (Å²) in [6.07, 6.45) is 0. The van der Waals surface area contributed by atoms with Gasteiger partial charge in [0.05, 0.1) is 16.6 Å². The lowest BCUT2D eigenvalue weighted by molar-refractivity contribution is 0.598. The quantitative estimate of drug-likeness (QED) is 0.936. The molecule has 2 nitrogen and oxygen atoms in total. The van der Waals surface area contributed by atoms with Crippen molar-refractivity contribution >= 4 is 10.8 Å². The molecule has 5 heteroatoms. The van der Waals surface area contributed by atoms with Crippen molar-refractivity contribution in [3.63, 3.8) is 0 Å². The van der Waals surface area contributed by atoms with Gasteiger partial charge in [-0.25, -0.2) is 8.78 Å². The van der Waals surface area contributed by atoms with Crippen molar-refractivity contribution in [1.82, 2.24) is 0 Å². The maximum Gasteiger partial charge on any atom is 0.131 e. The zero-order valence-corrected chi connectivity index (χ0v) is 10.9. The second kappa shape index (κ2) is 6.04. The molecule has 0 amide bonds. The third kappa shape index (κ3) is 3.24. The van der Waals surface area contributed by atoms with Crippen LogP contribution in [0.2, 0.25) is 0 Å². The molecule has 2 aromatic rings. The highest BCUT2D eigenvalue weighted by Gasteiger charge is 2.12. The molecule has 0 bridgehead atoms. The van der Waals surface area contributed by atoms with Crippen LogP contribution in [0, 0.1) is 11.6 Å². The van der Waals surface area contributed by atoms with Gasteiger partial charge in [0.25, 0.3) is 0 Å². The molecular formula is C14H13F2NOS. The topological polar surface area (TPSA) is 43.1 Å². The van der Waals surface area contributed by atoms with Gasteiger partial charge in [-0.1, -0.05) is 24.3 Å². The van der Waals surface area contributed by atoms with Crippen LogP contribution in [0.15, 0.2) is 47.4 Å². The molecule has 2 aromatic carbocycles. The first-order valence-corrected chi connectivity index (χ1v) is 7.04. The van der Waals surface area contributed by atoms with E-state index in [0.717, 1.165) is 0 Å². The lowest BCUT2D eigenvalue weighted by Gasteiger charge is -2.07. The van der Waals surface area contributed by atoms with Crippen molar-refractivity contribution in [3.8, 4) is 0 Å². The van der Waals surface area contributed by atoms with Crippen molar-refractivity contribution in [2.45, 2.75) is 17.2 Å². The number of hydrogen-bond donors (Lipinski definition) is 1. The summed E-state index contributed by atoms with van der Waals surface area (Å²) in [6, 6.07) is 10.3. The smallest absolute Gasteiger partial charge is 0.131 e. The fraction of sp³-hybridized carbons (Fsp3) is 0.143. The van der Waals surface area contributed by atoms with Gasteiger partial charge in [-0.2, -0.15) is 0 Å². The van der Waals surface area contributed by atoms with Gasteiger partial charge < -0.3 is 5.73 Å². The number of halogens is 2. The molecule has 2 rings (SSSR count). The van der Waals surface area contributed by atoms with Crippen LogP contribution in [0.5, 0.6) is 0 Å². The van der Waals surface area contributed by atoms with E-state index >= 15 is 0 Å². The van der Waals surface area contributed by atoms with Gasteiger partial charge in [0.2, 0.25) is 0 Å². The minimum absolute atomic E-state index is 0.00310. The normalized spacial score (nSPS) is 12.4. The van der Waals surface area contributed by atoms with E-state index in [9.17, 15) is 13.0 Å². The van der Waals surface area contributed by atoms with Crippen molar-refractivity contribution in [1.29, 1.82) is 0 Å². The minimum Gasteiger partial charge on any atom is -0.326 e. The molecule has 0 aromatic heterocycles. The summed E-state index contributed by atoms with van der Waals surface area (Å²) in [5, 5.41) is 0. The molecule has 0 radical (unpaired) electrons. The van der Waals surface area contributed by atoms with Crippen LogP contribution in [0.1, 0.15) is 11.1 Å². The van der Waals surface area contributed by atoms with Crippen LogP contribution < -0.4 is 5.73 Å². The molecule has 0 saturated heterocycles. The zero-order valence-electron chi connectivity index (χ0n) is 10.1. The predicted octanol–water partition coefficient (Wildman–Crippen LogP) is 2.73. The lowest BCUT2D eigenvalue weighted by Crippen LogP contribution is -2.05. The van der Waals surface area contributed by atoms with Crippen LogP contribution in [-0.4, -0.2) is 4.21 Å². The van der Waals surface area contributed by atoms with E-state index < -0.39 is 22.4 Å². The summed E-state index contributed by atoms with van der Waals surface area (Å²) >= 11 is 0. The summed E-state index contributed by atoms with van der Waals surface area (Å²) in [7, 11) is -1.49. The Morgan fingerprint density at radius 3 is 2.42 bits per heavy atom. The highest BCUT2D eigenvalue weighted by molar-refractivity contribution is 7.84. The Balaban J connectivity index is 2.24. The molecule has 0 aliphatic heterocycles. The molecule has 0 aliphatic carbocycles. The summed E-state index contributed by atoms with van der Waals surface area (Å²) in [5.41, 5.74) is 6.12. The number of benzene rings is 2. The van der Waals surface area contributed by atoms with E-state index in [0.29, 0.717) is 16.0 Å². The second-order valence-corrected chi connectivity index (χ2v) is 5.49. The Morgan fingerprint density at radius 2 is 1.74 bits per heavy atom. The van der Waals surface area contributed by atoms with E-state index in [1.807, 2.05) is 0 Å². The predicted molar refractivity (Wildman–Crippen MR) is 70.8 cm³/mol. The van der Waals surface area contributed by atoms with Gasteiger partial charge in [0.1, 0.15) is 11.6 Å². The van der Waals surface area contributed by atoms with Crippen molar-refractivity contribution in [2.24, 2.45) is 5.73 Å². The van der Waals surface area contributed by atoms with Crippen molar-refractivity contribution in [3.05, 3.63) is 65.2 Å². The molecule has 0 spiro atoms. The molecule has 2 N–H and O–H groups in total. The second-order valence-electron chi connectivity index (χ2n) is 4.04. The standard InChI is InChI=1S/C14H13F2NOS/c15-12-5-2-6-13(7-12)19(18)9-11-4-1-3-10(8-17)14(11)16/h1-7H,8-9,17H2. The van der Waals surface area contributed by atoms with Crippen molar-refractivity contribution in [2.75, 3.05) is 0 Å². The van der Waals surface area contributed by atoms with E-state index in [1.165, 1.54) is 18.2 Å². The molecular weight excluding hydrogens is 268 g/mol. The minimum atomic E-state index is -1.49. The zero-order chi connectivity index (χ0) is 13.8. The van der Waals surface area contributed by atoms with Crippen LogP contribution in [-0.2, 0) is 23.1 Å². The lowest BCUT2D eigenvalue weighted by atomic mass is 10.1. The van der Waals surface area contributed by atoms with Gasteiger partial charge in [-0.3, -0.25) is 4.21 Å². The fourth-order valence-electron chi connectivity index (χ4n) is 1.74. The Kier molecular flexibility index (Phi) is 4.39. The molecule has 1 unspecified atom stereocenters. The maximum atomic E-state index is 13.9. The van der Waals surface area contributed by atoms with E-state index in [4.69, 9.17) is 5.73 Å². The first-order chi connectivity index (χ1) is 9.11. The highest BCUT2D eigenvalue weighted by atomic mass is 32.2. The van der Waals surface area contributed by atoms with Gasteiger partial charge in [-0.15, -0.1) is 0 Å². The van der Waals surface area contributed by atoms with Gasteiger partial charge in [-0.05, 0) is 18.2 Å². The van der Waals surface area contributed by atoms with Crippen LogP contribution in [0.3, 0.4) is 0 Å². The van der Waals surface area contributed by atoms with E-state index in [1.54, 1.807) is 24.3 Å². The average molecular weight is 281 g/mol. The summed E-state index contributed by atoms with van der Waals surface area (Å²) < 4.78 is 39.0. The van der Waals surface area contributed by atoms with Gasteiger partial charge in [0.15, 0.2) is 0 Å². The SMILES string of the molecule is NCc1cccc(CS(=O)c2cccc(F)c2)c1F. The Morgan fingerprint density at radius 1 is 1.05 bits per heavy atom. The fourth-order valence-corrected chi connectivity index (χ4v) is 2.88. The monoisotopic (exact) mass is 281 g/mol. The highest BCUT2D eigenvalue weighted by Crippen LogP contribution is 2.18. The van der Waals surface area contributed by atoms with E-state index in [-0.39, 0.29) is 12.3 Å². The largest absolute Gasteiger partial charge is 0.326 e. The number of nitrogens with two attached hydrogens (primary N) is 1. The van der Waals surface area contributed by atoms with Gasteiger partial charge >= 0.3 is 0 Å². The first-order valence-electron chi connectivity index (χ1n) is 5.72. The Bertz CT molecular complexity index is 616. The number of hydrogen-bond acceptors (Lipinski definition) is 2. The van der Waals surface area contributed by atoms with Gasteiger partial charge in [0, 0.05) is 22.6 Å². The van der Waals surface area contributed by atoms with Crippen LogP contribution in [0.4, 0.5) is 8.78 Å². The molecule has 0 saturated carbocycles.